The molecule has 5 atom stereocenters. The number of nitrogens with zero attached hydrogens (tertiary/aromatic N) is 1. The van der Waals surface area contributed by atoms with Crippen molar-refractivity contribution in [3.8, 4) is 0 Å². The van der Waals surface area contributed by atoms with Crippen LogP contribution in [0.3, 0.4) is 0 Å². The van der Waals surface area contributed by atoms with E-state index in [-0.39, 0.29) is 6.61 Å². The van der Waals surface area contributed by atoms with Gasteiger partial charge in [0.1, 0.15) is 12.6 Å². The summed E-state index contributed by atoms with van der Waals surface area (Å²) in [6.07, 6.45) is -6.16. The Labute approximate surface area is 148 Å². The van der Waals surface area contributed by atoms with E-state index in [1.54, 1.807) is 0 Å². The summed E-state index contributed by atoms with van der Waals surface area (Å²) < 4.78 is 25.6. The number of carbonyl (C=O) groups is 5. The van der Waals surface area contributed by atoms with Crippen molar-refractivity contribution in [3.63, 3.8) is 0 Å². The molecule has 0 aromatic rings. The maximum absolute atomic E-state index is 12.1. The Bertz CT molecular complexity index is 632. The Kier molecular flexibility index (Phi) is 5.68. The fraction of sp³-hybridized carbons (Fsp3) is 0.667. The van der Waals surface area contributed by atoms with Crippen LogP contribution in [0.4, 0.5) is 4.79 Å². The lowest BCUT2D eigenvalue weighted by Gasteiger charge is -2.46. The number of rotatable bonds is 4. The maximum atomic E-state index is 12.1. The largest absolute Gasteiger partial charge is 0.456 e. The van der Waals surface area contributed by atoms with Gasteiger partial charge in [-0.15, -0.1) is 0 Å². The van der Waals surface area contributed by atoms with Crippen molar-refractivity contribution in [1.29, 1.82) is 0 Å². The molecule has 2 aliphatic heterocycles. The summed E-state index contributed by atoms with van der Waals surface area (Å²) in [7, 11) is 0. The van der Waals surface area contributed by atoms with Gasteiger partial charge in [-0.25, -0.2) is 4.79 Å². The van der Waals surface area contributed by atoms with Crippen molar-refractivity contribution < 1.29 is 47.7 Å². The number of fused-ring (bicyclic) bond motifs is 1. The van der Waals surface area contributed by atoms with Gasteiger partial charge in [-0.2, -0.15) is 0 Å². The zero-order valence-electron chi connectivity index (χ0n) is 14.6. The molecular weight excluding hydrogens is 354 g/mol. The van der Waals surface area contributed by atoms with Crippen molar-refractivity contribution in [2.45, 2.75) is 58.3 Å². The Morgan fingerprint density at radius 3 is 1.77 bits per heavy atom. The lowest BCUT2D eigenvalue weighted by Crippen LogP contribution is -2.69. The molecule has 11 heteroatoms. The van der Waals surface area contributed by atoms with E-state index in [0.717, 1.165) is 32.6 Å². The van der Waals surface area contributed by atoms with Crippen LogP contribution in [0, 0.1) is 0 Å². The van der Waals surface area contributed by atoms with E-state index in [1.165, 1.54) is 0 Å². The molecule has 0 aromatic carbocycles. The standard InChI is InChI=1S/C15H19NO10/c1-6(17)23-11-10-5-22-15(21)16(10)14(26-9(4)20)13(25-8(3)19)12(11)24-7(2)18/h10-14H,5H2,1-4H3/t10-,11+,12+,13-,14-/m1/s1. The molecule has 2 fully saturated rings. The predicted octanol–water partition coefficient (Wildman–Crippen LogP) is -0.495. The van der Waals surface area contributed by atoms with Crippen LogP contribution in [-0.4, -0.2) is 72.1 Å². The molecule has 1 amide bonds. The first-order valence-corrected chi connectivity index (χ1v) is 7.75. The molecule has 0 aromatic heterocycles. The summed E-state index contributed by atoms with van der Waals surface area (Å²) in [6.45, 7) is 4.23. The van der Waals surface area contributed by atoms with E-state index in [4.69, 9.17) is 23.7 Å². The van der Waals surface area contributed by atoms with Gasteiger partial charge < -0.3 is 23.7 Å². The van der Waals surface area contributed by atoms with E-state index in [2.05, 4.69) is 0 Å². The van der Waals surface area contributed by atoms with E-state index in [9.17, 15) is 24.0 Å². The van der Waals surface area contributed by atoms with Crippen LogP contribution in [0.5, 0.6) is 0 Å². The van der Waals surface area contributed by atoms with Crippen molar-refractivity contribution >= 4 is 30.0 Å². The van der Waals surface area contributed by atoms with Gasteiger partial charge in [-0.1, -0.05) is 0 Å². The number of amides is 1. The first-order valence-electron chi connectivity index (χ1n) is 7.75. The summed E-state index contributed by atoms with van der Waals surface area (Å²) in [5, 5.41) is 0. The number of ether oxygens (including phenoxy) is 5. The Hall–Kier alpha value is -2.85. The first-order chi connectivity index (χ1) is 12.1. The smallest absolute Gasteiger partial charge is 0.413 e. The molecular formula is C15H19NO10. The molecule has 0 aliphatic carbocycles. The number of carbonyl (C=O) groups excluding carboxylic acids is 5. The van der Waals surface area contributed by atoms with Gasteiger partial charge in [-0.3, -0.25) is 24.1 Å². The highest BCUT2D eigenvalue weighted by Gasteiger charge is 2.60. The zero-order valence-corrected chi connectivity index (χ0v) is 14.6. The zero-order chi connectivity index (χ0) is 19.6. The van der Waals surface area contributed by atoms with Crippen LogP contribution in [-0.2, 0) is 42.9 Å². The molecule has 2 saturated heterocycles. The van der Waals surface area contributed by atoms with E-state index in [0.29, 0.717) is 0 Å². The number of hydrogen-bond acceptors (Lipinski definition) is 10. The summed E-state index contributed by atoms with van der Waals surface area (Å²) in [5.41, 5.74) is 0. The van der Waals surface area contributed by atoms with Crippen molar-refractivity contribution in [2.24, 2.45) is 0 Å². The molecule has 11 nitrogen and oxygen atoms in total. The van der Waals surface area contributed by atoms with E-state index < -0.39 is 60.6 Å². The number of esters is 4. The Morgan fingerprint density at radius 2 is 1.27 bits per heavy atom. The average Bonchev–Trinajstić information content (AvgIpc) is 2.86. The highest BCUT2D eigenvalue weighted by atomic mass is 16.7. The van der Waals surface area contributed by atoms with Crippen LogP contribution in [0.2, 0.25) is 0 Å². The fourth-order valence-electron chi connectivity index (χ4n) is 2.99. The molecule has 144 valence electrons. The predicted molar refractivity (Wildman–Crippen MR) is 79.2 cm³/mol. The molecule has 26 heavy (non-hydrogen) atoms. The molecule has 0 bridgehead atoms. The third-order valence-electron chi connectivity index (χ3n) is 3.72. The van der Waals surface area contributed by atoms with Gasteiger partial charge in [0.15, 0.2) is 18.3 Å². The van der Waals surface area contributed by atoms with Gasteiger partial charge in [0.25, 0.3) is 0 Å². The van der Waals surface area contributed by atoms with Crippen molar-refractivity contribution in [3.05, 3.63) is 0 Å². The summed E-state index contributed by atoms with van der Waals surface area (Å²) >= 11 is 0. The average molecular weight is 373 g/mol. The summed E-state index contributed by atoms with van der Waals surface area (Å²) in [5.74, 6) is -3.00. The second-order valence-electron chi connectivity index (χ2n) is 5.77. The van der Waals surface area contributed by atoms with Gasteiger partial charge >= 0.3 is 30.0 Å². The fourth-order valence-corrected chi connectivity index (χ4v) is 2.99. The minimum atomic E-state index is -1.41. The third kappa shape index (κ3) is 4.03. The minimum absolute atomic E-state index is 0.195. The second kappa shape index (κ2) is 7.58. The Balaban J connectivity index is 2.51. The number of hydrogen-bond donors (Lipinski definition) is 0. The summed E-state index contributed by atoms with van der Waals surface area (Å²) in [4.78, 5) is 59.2. The molecule has 2 aliphatic rings. The maximum Gasteiger partial charge on any atom is 0.413 e. The lowest BCUT2D eigenvalue weighted by atomic mass is 9.92. The monoisotopic (exact) mass is 373 g/mol. The number of piperidine rings is 1. The summed E-state index contributed by atoms with van der Waals surface area (Å²) in [6, 6.07) is -0.896. The third-order valence-corrected chi connectivity index (χ3v) is 3.72. The van der Waals surface area contributed by atoms with Gasteiger partial charge in [-0.05, 0) is 0 Å². The normalized spacial score (nSPS) is 29.9. The van der Waals surface area contributed by atoms with Crippen LogP contribution in [0.15, 0.2) is 0 Å². The first kappa shape index (κ1) is 19.5. The number of cyclic esters (lactones) is 1. The van der Waals surface area contributed by atoms with E-state index >= 15 is 0 Å². The van der Waals surface area contributed by atoms with Crippen LogP contribution < -0.4 is 0 Å². The lowest BCUT2D eigenvalue weighted by molar-refractivity contribution is -0.236. The van der Waals surface area contributed by atoms with Crippen LogP contribution in [0.25, 0.3) is 0 Å². The van der Waals surface area contributed by atoms with Crippen LogP contribution >= 0.6 is 0 Å². The van der Waals surface area contributed by atoms with Gasteiger partial charge in [0.05, 0.1) is 0 Å². The molecule has 2 heterocycles. The van der Waals surface area contributed by atoms with Gasteiger partial charge in [0, 0.05) is 27.7 Å². The van der Waals surface area contributed by atoms with Gasteiger partial charge in [0.2, 0.25) is 6.23 Å². The molecule has 0 spiro atoms. The topological polar surface area (TPSA) is 135 Å². The molecule has 0 radical (unpaired) electrons. The molecule has 0 N–H and O–H groups in total. The molecule has 0 unspecified atom stereocenters. The highest BCUT2D eigenvalue weighted by molar-refractivity contribution is 5.74. The van der Waals surface area contributed by atoms with E-state index in [1.807, 2.05) is 0 Å². The SMILES string of the molecule is CC(=O)O[C@H]1[C@@H](OC(C)=O)[C@H]2COC(=O)N2[C@H](OC(C)=O)[C@@H]1OC(C)=O. The van der Waals surface area contributed by atoms with Crippen molar-refractivity contribution in [2.75, 3.05) is 6.61 Å². The van der Waals surface area contributed by atoms with Crippen LogP contribution in [0.1, 0.15) is 27.7 Å². The second-order valence-corrected chi connectivity index (χ2v) is 5.77. The molecule has 2 rings (SSSR count). The quantitative estimate of drug-likeness (QED) is 0.469. The highest BCUT2D eigenvalue weighted by Crippen LogP contribution is 2.35. The Morgan fingerprint density at radius 1 is 0.808 bits per heavy atom. The molecule has 0 saturated carbocycles. The minimum Gasteiger partial charge on any atom is -0.456 e. The van der Waals surface area contributed by atoms with Crippen molar-refractivity contribution in [1.82, 2.24) is 4.90 Å².